The van der Waals surface area contributed by atoms with E-state index in [9.17, 15) is 0 Å². The van der Waals surface area contributed by atoms with Crippen LogP contribution in [-0.4, -0.2) is 15.0 Å². The van der Waals surface area contributed by atoms with Crippen LogP contribution in [0.2, 0.25) is 0 Å². The molecule has 0 amide bonds. The molecule has 4 heteroatoms. The molecule has 32 heavy (non-hydrogen) atoms. The van der Waals surface area contributed by atoms with Crippen LogP contribution in [-0.2, 0) is 7.05 Å². The van der Waals surface area contributed by atoms with Crippen molar-refractivity contribution in [2.24, 2.45) is 7.05 Å². The van der Waals surface area contributed by atoms with E-state index in [1.165, 1.54) is 38.9 Å². The summed E-state index contributed by atoms with van der Waals surface area (Å²) < 4.78 is 2.28. The standard InChI is InChI=1S/C28H33N4/c1-16(2)26-29-27(17(3)4)31-28(30-26)22-10-11-24-21(15-22)9-12-25(32(24)8)23-14-18(5)13-19(6)20(23)7/h9-17H,1-8H3/q+1. The Bertz CT molecular complexity index is 1290. The van der Waals surface area contributed by atoms with Crippen LogP contribution in [0.3, 0.4) is 0 Å². The van der Waals surface area contributed by atoms with Crippen molar-refractivity contribution in [2.75, 3.05) is 0 Å². The molecule has 2 aromatic carbocycles. The van der Waals surface area contributed by atoms with Crippen molar-refractivity contribution in [2.45, 2.75) is 60.3 Å². The van der Waals surface area contributed by atoms with Crippen LogP contribution in [0.4, 0.5) is 0 Å². The fourth-order valence-electron chi connectivity index (χ4n) is 4.17. The third-order valence-electron chi connectivity index (χ3n) is 6.22. The highest BCUT2D eigenvalue weighted by molar-refractivity contribution is 5.82. The van der Waals surface area contributed by atoms with Crippen LogP contribution in [0, 0.1) is 20.8 Å². The van der Waals surface area contributed by atoms with Gasteiger partial charge in [-0.25, -0.2) is 15.0 Å². The first-order chi connectivity index (χ1) is 15.2. The van der Waals surface area contributed by atoms with Crippen LogP contribution in [0.15, 0.2) is 42.5 Å². The van der Waals surface area contributed by atoms with Gasteiger partial charge in [-0.05, 0) is 56.2 Å². The number of rotatable bonds is 4. The van der Waals surface area contributed by atoms with Gasteiger partial charge in [0.1, 0.15) is 18.7 Å². The zero-order valence-corrected chi connectivity index (χ0v) is 20.5. The molecular weight excluding hydrogens is 392 g/mol. The largest absolute Gasteiger partial charge is 0.217 e. The number of aryl methyl sites for hydroxylation is 3. The second-order valence-corrected chi connectivity index (χ2v) is 9.49. The predicted molar refractivity (Wildman–Crippen MR) is 132 cm³/mol. The Morgan fingerprint density at radius 2 is 1.41 bits per heavy atom. The highest BCUT2D eigenvalue weighted by atomic mass is 15.0. The fraction of sp³-hybridized carbons (Fsp3) is 0.357. The van der Waals surface area contributed by atoms with Gasteiger partial charge >= 0.3 is 0 Å². The second kappa shape index (κ2) is 8.42. The molecule has 2 heterocycles. The summed E-state index contributed by atoms with van der Waals surface area (Å²) in [5, 5.41) is 1.17. The van der Waals surface area contributed by atoms with E-state index in [-0.39, 0.29) is 11.8 Å². The van der Waals surface area contributed by atoms with E-state index in [1.54, 1.807) is 0 Å². The van der Waals surface area contributed by atoms with Crippen molar-refractivity contribution in [3.63, 3.8) is 0 Å². The lowest BCUT2D eigenvalue weighted by Crippen LogP contribution is -2.32. The third kappa shape index (κ3) is 4.02. The summed E-state index contributed by atoms with van der Waals surface area (Å²) in [5.41, 5.74) is 8.67. The molecule has 164 valence electrons. The molecule has 0 unspecified atom stereocenters. The zero-order chi connectivity index (χ0) is 23.2. The van der Waals surface area contributed by atoms with Crippen LogP contribution < -0.4 is 4.57 Å². The van der Waals surface area contributed by atoms with Crippen LogP contribution in [0.5, 0.6) is 0 Å². The molecule has 0 aliphatic carbocycles. The topological polar surface area (TPSA) is 42.6 Å². The molecule has 0 radical (unpaired) electrons. The van der Waals surface area contributed by atoms with Crippen LogP contribution in [0.1, 0.15) is 67.9 Å². The summed E-state index contributed by atoms with van der Waals surface area (Å²) >= 11 is 0. The number of pyridine rings is 1. The molecule has 0 aliphatic rings. The van der Waals surface area contributed by atoms with E-state index in [1.807, 2.05) is 0 Å². The van der Waals surface area contributed by atoms with Gasteiger partial charge in [0.25, 0.3) is 0 Å². The normalized spacial score (nSPS) is 11.7. The Morgan fingerprint density at radius 3 is 2.03 bits per heavy atom. The van der Waals surface area contributed by atoms with Crippen molar-refractivity contribution < 1.29 is 4.57 Å². The van der Waals surface area contributed by atoms with Gasteiger partial charge in [-0.2, -0.15) is 4.57 Å². The summed E-state index contributed by atoms with van der Waals surface area (Å²) in [6, 6.07) is 15.5. The predicted octanol–water partition coefficient (Wildman–Crippen LogP) is 6.36. The van der Waals surface area contributed by atoms with Crippen LogP contribution in [0.25, 0.3) is 33.5 Å². The average molecular weight is 426 g/mol. The lowest BCUT2D eigenvalue weighted by molar-refractivity contribution is -0.633. The quantitative estimate of drug-likeness (QED) is 0.358. The smallest absolute Gasteiger partial charge is 0.213 e. The van der Waals surface area contributed by atoms with Crippen molar-refractivity contribution in [1.82, 2.24) is 15.0 Å². The van der Waals surface area contributed by atoms with Crippen molar-refractivity contribution >= 4 is 10.9 Å². The Kier molecular flexibility index (Phi) is 5.81. The fourth-order valence-corrected chi connectivity index (χ4v) is 4.17. The Morgan fingerprint density at radius 1 is 0.750 bits per heavy atom. The van der Waals surface area contributed by atoms with Gasteiger partial charge in [0, 0.05) is 40.5 Å². The molecule has 4 rings (SSSR count). The molecular formula is C28H33N4+. The second-order valence-electron chi connectivity index (χ2n) is 9.49. The van der Waals surface area contributed by atoms with Gasteiger partial charge < -0.3 is 0 Å². The van der Waals surface area contributed by atoms with Crippen molar-refractivity contribution in [1.29, 1.82) is 0 Å². The number of hydrogen-bond donors (Lipinski definition) is 0. The van der Waals surface area contributed by atoms with Crippen molar-refractivity contribution in [3.8, 4) is 22.6 Å². The molecule has 0 saturated carbocycles. The van der Waals surface area contributed by atoms with E-state index in [2.05, 4.69) is 108 Å². The van der Waals surface area contributed by atoms with Gasteiger partial charge in [0.15, 0.2) is 5.82 Å². The highest BCUT2D eigenvalue weighted by Gasteiger charge is 2.19. The highest BCUT2D eigenvalue weighted by Crippen LogP contribution is 2.28. The summed E-state index contributed by atoms with van der Waals surface area (Å²) in [6.45, 7) is 15.1. The maximum absolute atomic E-state index is 4.78. The first-order valence-electron chi connectivity index (χ1n) is 11.4. The van der Waals surface area contributed by atoms with E-state index in [0.717, 1.165) is 23.0 Å². The Labute approximate surface area is 191 Å². The molecule has 0 N–H and O–H groups in total. The van der Waals surface area contributed by atoms with Gasteiger partial charge in [-0.15, -0.1) is 0 Å². The lowest BCUT2D eigenvalue weighted by atomic mass is 9.96. The minimum Gasteiger partial charge on any atom is -0.217 e. The average Bonchev–Trinajstić information content (AvgIpc) is 2.76. The van der Waals surface area contributed by atoms with E-state index < -0.39 is 0 Å². The number of aromatic nitrogens is 4. The summed E-state index contributed by atoms with van der Waals surface area (Å²) in [6.07, 6.45) is 0. The lowest BCUT2D eigenvalue weighted by Gasteiger charge is -2.12. The molecule has 0 atom stereocenters. The van der Waals surface area contributed by atoms with Gasteiger partial charge in [-0.1, -0.05) is 39.3 Å². The minimum absolute atomic E-state index is 0.260. The molecule has 0 spiro atoms. The maximum atomic E-state index is 4.78. The molecule has 0 bridgehead atoms. The minimum atomic E-state index is 0.260. The molecule has 2 aromatic heterocycles. The molecule has 0 aliphatic heterocycles. The van der Waals surface area contributed by atoms with Gasteiger partial charge in [0.05, 0.1) is 0 Å². The first-order valence-corrected chi connectivity index (χ1v) is 11.4. The third-order valence-corrected chi connectivity index (χ3v) is 6.22. The first kappa shape index (κ1) is 22.1. The summed E-state index contributed by atoms with van der Waals surface area (Å²) in [4.78, 5) is 14.2. The SMILES string of the molecule is Cc1cc(C)c(C)c(-c2ccc3cc(-c4nc(C(C)C)nc(C(C)C)n4)ccc3[n+]2C)c1. The zero-order valence-electron chi connectivity index (χ0n) is 20.5. The molecule has 0 fully saturated rings. The molecule has 4 nitrogen and oxygen atoms in total. The van der Waals surface area contributed by atoms with Crippen LogP contribution >= 0.6 is 0 Å². The van der Waals surface area contributed by atoms with E-state index in [0.29, 0.717) is 0 Å². The number of benzene rings is 2. The monoisotopic (exact) mass is 425 g/mol. The number of fused-ring (bicyclic) bond motifs is 1. The summed E-state index contributed by atoms with van der Waals surface area (Å²) in [5.74, 6) is 2.98. The Balaban J connectivity index is 1.85. The summed E-state index contributed by atoms with van der Waals surface area (Å²) in [7, 11) is 2.14. The Hall–Kier alpha value is -3.14. The van der Waals surface area contributed by atoms with Gasteiger partial charge in [0.2, 0.25) is 11.2 Å². The van der Waals surface area contributed by atoms with E-state index >= 15 is 0 Å². The number of hydrogen-bond acceptors (Lipinski definition) is 3. The maximum Gasteiger partial charge on any atom is 0.213 e. The number of nitrogens with zero attached hydrogens (tertiary/aromatic N) is 4. The molecule has 0 saturated heterocycles. The van der Waals surface area contributed by atoms with Crippen molar-refractivity contribution in [3.05, 3.63) is 70.8 Å². The van der Waals surface area contributed by atoms with E-state index in [4.69, 9.17) is 9.97 Å². The molecule has 4 aromatic rings. The van der Waals surface area contributed by atoms with Gasteiger partial charge in [-0.3, -0.25) is 0 Å².